The van der Waals surface area contributed by atoms with Crippen LogP contribution in [0.5, 0.6) is 0 Å². The molecule has 0 aromatic heterocycles. The summed E-state index contributed by atoms with van der Waals surface area (Å²) in [5.41, 5.74) is 0. The fourth-order valence-corrected chi connectivity index (χ4v) is 5.11. The van der Waals surface area contributed by atoms with Crippen molar-refractivity contribution in [1.82, 2.24) is 5.32 Å². The molecule has 0 unspecified atom stereocenters. The third kappa shape index (κ3) is 33.9. The minimum absolute atomic E-state index is 0.00685. The second-order valence-electron chi connectivity index (χ2n) is 13.0. The predicted molar refractivity (Wildman–Crippen MR) is 190 cm³/mol. The van der Waals surface area contributed by atoms with Gasteiger partial charge < -0.3 is 39.6 Å². The zero-order valence-electron chi connectivity index (χ0n) is 30.9. The zero-order valence-corrected chi connectivity index (χ0v) is 30.9. The number of carboxylic acid groups (broad SMARTS) is 3. The van der Waals surface area contributed by atoms with E-state index in [0.29, 0.717) is 84.7 Å². The van der Waals surface area contributed by atoms with Crippen molar-refractivity contribution in [3.8, 4) is 0 Å². The quantitative estimate of drug-likeness (QED) is 0.0598. The number of carboxylic acids is 3. The Balaban J connectivity index is 3.57. The third-order valence-corrected chi connectivity index (χ3v) is 8.33. The molecule has 0 aliphatic heterocycles. The summed E-state index contributed by atoms with van der Waals surface area (Å²) in [6.07, 6.45) is 12.0. The number of nitrogens with one attached hydrogen (secondary N) is 1. The molecule has 0 aromatic carbocycles. The van der Waals surface area contributed by atoms with E-state index in [1.54, 1.807) is 6.92 Å². The number of Topliss-reactive ketones (excluding diaryl/α,β-unsaturated/α-hetero) is 2. The molecule has 0 saturated carbocycles. The highest BCUT2D eigenvalue weighted by molar-refractivity contribution is 5.84. The average molecular weight is 732 g/mol. The van der Waals surface area contributed by atoms with Gasteiger partial charge in [-0.05, 0) is 38.5 Å². The molecule has 0 bridgehead atoms. The van der Waals surface area contributed by atoms with Crippen molar-refractivity contribution in [2.75, 3.05) is 59.4 Å². The van der Waals surface area contributed by atoms with Gasteiger partial charge in [0.25, 0.3) is 0 Å². The standard InChI is InChI=1S/C37H65NO13/c1-30(36(44)45)13-10-11-20-38-34(41)18-17-31(37(46)47)29-33(40)19-22-49-24-26-51-28-27-50-25-23-48-21-12-15-32(39)14-8-6-4-2-3-5-7-9-16-35(42)43/h30-31H,2-29H2,1H3,(H,38,41)(H,42,43)(H,44,45)(H,46,47)/t30-,31+/m0/s1. The number of rotatable bonds is 39. The summed E-state index contributed by atoms with van der Waals surface area (Å²) in [4.78, 5) is 69.1. The summed E-state index contributed by atoms with van der Waals surface area (Å²) in [6, 6.07) is 0. The smallest absolute Gasteiger partial charge is 0.306 e. The maximum Gasteiger partial charge on any atom is 0.306 e. The van der Waals surface area contributed by atoms with Crippen LogP contribution in [0.3, 0.4) is 0 Å². The van der Waals surface area contributed by atoms with Crippen molar-refractivity contribution < 1.29 is 63.0 Å². The summed E-state index contributed by atoms with van der Waals surface area (Å²) < 4.78 is 21.8. The predicted octanol–water partition coefficient (Wildman–Crippen LogP) is 5.23. The number of carbonyl (C=O) groups excluding carboxylic acids is 3. The van der Waals surface area contributed by atoms with E-state index in [2.05, 4.69) is 5.32 Å². The molecule has 0 aromatic rings. The van der Waals surface area contributed by atoms with Gasteiger partial charge in [-0.25, -0.2) is 0 Å². The molecule has 0 aliphatic carbocycles. The van der Waals surface area contributed by atoms with E-state index in [9.17, 15) is 33.9 Å². The number of carbonyl (C=O) groups is 6. The van der Waals surface area contributed by atoms with Crippen molar-refractivity contribution in [2.24, 2.45) is 11.8 Å². The molecule has 0 rings (SSSR count). The van der Waals surface area contributed by atoms with Crippen molar-refractivity contribution in [2.45, 2.75) is 129 Å². The van der Waals surface area contributed by atoms with Gasteiger partial charge in [0.1, 0.15) is 11.6 Å². The van der Waals surface area contributed by atoms with Gasteiger partial charge in [-0.3, -0.25) is 28.8 Å². The Kier molecular flexibility index (Phi) is 32.2. The van der Waals surface area contributed by atoms with Crippen molar-refractivity contribution >= 4 is 35.4 Å². The Hall–Kier alpha value is -2.94. The highest BCUT2D eigenvalue weighted by atomic mass is 16.6. The molecule has 4 N–H and O–H groups in total. The summed E-state index contributed by atoms with van der Waals surface area (Å²) >= 11 is 0. The van der Waals surface area contributed by atoms with Crippen molar-refractivity contribution in [3.63, 3.8) is 0 Å². The van der Waals surface area contributed by atoms with Crippen LogP contribution in [0.2, 0.25) is 0 Å². The second-order valence-corrected chi connectivity index (χ2v) is 13.0. The molecule has 0 spiro atoms. The maximum absolute atomic E-state index is 12.2. The first-order valence-electron chi connectivity index (χ1n) is 18.8. The molecular weight excluding hydrogens is 666 g/mol. The molecule has 0 aliphatic rings. The molecule has 51 heavy (non-hydrogen) atoms. The number of aliphatic carboxylic acids is 3. The molecule has 2 atom stereocenters. The summed E-state index contributed by atoms with van der Waals surface area (Å²) in [6.45, 7) is 4.93. The van der Waals surface area contributed by atoms with Crippen LogP contribution in [0.4, 0.5) is 0 Å². The van der Waals surface area contributed by atoms with Crippen molar-refractivity contribution in [1.29, 1.82) is 0 Å². The topological polar surface area (TPSA) is 212 Å². The van der Waals surface area contributed by atoms with E-state index < -0.39 is 29.7 Å². The minimum atomic E-state index is -1.12. The number of hydrogen-bond donors (Lipinski definition) is 4. The van der Waals surface area contributed by atoms with Crippen LogP contribution < -0.4 is 5.32 Å². The fraction of sp³-hybridized carbons (Fsp3) is 0.838. The molecule has 296 valence electrons. The van der Waals surface area contributed by atoms with Gasteiger partial charge in [-0.1, -0.05) is 51.9 Å². The number of hydrogen-bond acceptors (Lipinski definition) is 10. The van der Waals surface area contributed by atoms with Crippen LogP contribution in [0, 0.1) is 11.8 Å². The summed E-state index contributed by atoms with van der Waals surface area (Å²) in [7, 11) is 0. The van der Waals surface area contributed by atoms with E-state index in [1.165, 1.54) is 0 Å². The Morgan fingerprint density at radius 2 is 1.00 bits per heavy atom. The molecule has 14 heteroatoms. The SMILES string of the molecule is C[C@@H](CCCCNC(=O)CC[C@H](CC(=O)CCOCCOCCOCCOCCCC(=O)CCCCCCCCCCC(=O)O)C(=O)O)C(=O)O. The monoisotopic (exact) mass is 731 g/mol. The Morgan fingerprint density at radius 3 is 1.55 bits per heavy atom. The molecule has 0 heterocycles. The normalized spacial score (nSPS) is 12.3. The first-order valence-corrected chi connectivity index (χ1v) is 18.8. The molecular formula is C37H65NO13. The number of ether oxygens (including phenoxy) is 4. The van der Waals surface area contributed by atoms with E-state index in [4.69, 9.17) is 29.2 Å². The van der Waals surface area contributed by atoms with Crippen LogP contribution in [0.15, 0.2) is 0 Å². The van der Waals surface area contributed by atoms with Gasteiger partial charge in [-0.2, -0.15) is 0 Å². The fourth-order valence-electron chi connectivity index (χ4n) is 5.11. The van der Waals surface area contributed by atoms with Crippen LogP contribution in [-0.2, 0) is 47.7 Å². The van der Waals surface area contributed by atoms with Crippen LogP contribution in [0.25, 0.3) is 0 Å². The zero-order chi connectivity index (χ0) is 38.0. The molecule has 0 fully saturated rings. The van der Waals surface area contributed by atoms with Gasteiger partial charge in [0, 0.05) is 51.7 Å². The first-order chi connectivity index (χ1) is 24.5. The molecule has 1 amide bonds. The first kappa shape index (κ1) is 48.1. The van der Waals surface area contributed by atoms with E-state index >= 15 is 0 Å². The Bertz CT molecular complexity index is 959. The van der Waals surface area contributed by atoms with E-state index in [-0.39, 0.29) is 62.8 Å². The number of unbranched alkanes of at least 4 members (excludes halogenated alkanes) is 8. The largest absolute Gasteiger partial charge is 0.481 e. The van der Waals surface area contributed by atoms with Gasteiger partial charge in [0.15, 0.2) is 0 Å². The van der Waals surface area contributed by atoms with E-state index in [0.717, 1.165) is 51.4 Å². The number of ketones is 2. The van der Waals surface area contributed by atoms with Gasteiger partial charge in [0.2, 0.25) is 5.91 Å². The molecule has 0 saturated heterocycles. The average Bonchev–Trinajstić information content (AvgIpc) is 3.08. The van der Waals surface area contributed by atoms with E-state index in [1.807, 2.05) is 0 Å². The second kappa shape index (κ2) is 34.2. The van der Waals surface area contributed by atoms with Gasteiger partial charge in [0.05, 0.1) is 58.1 Å². The third-order valence-electron chi connectivity index (χ3n) is 8.33. The lowest BCUT2D eigenvalue weighted by Crippen LogP contribution is -2.27. The highest BCUT2D eigenvalue weighted by Crippen LogP contribution is 2.14. The summed E-state index contributed by atoms with van der Waals surface area (Å²) in [5.74, 6) is -4.35. The van der Waals surface area contributed by atoms with Crippen LogP contribution >= 0.6 is 0 Å². The van der Waals surface area contributed by atoms with Gasteiger partial charge >= 0.3 is 17.9 Å². The Labute approximate surface area is 303 Å². The van der Waals surface area contributed by atoms with Crippen LogP contribution in [-0.4, -0.2) is 110 Å². The lowest BCUT2D eigenvalue weighted by molar-refractivity contribution is -0.144. The Morgan fingerprint density at radius 1 is 0.490 bits per heavy atom. The lowest BCUT2D eigenvalue weighted by Gasteiger charge is -2.12. The lowest BCUT2D eigenvalue weighted by atomic mass is 9.96. The highest BCUT2D eigenvalue weighted by Gasteiger charge is 2.22. The molecule has 14 nitrogen and oxygen atoms in total. The number of amides is 1. The molecule has 0 radical (unpaired) electrons. The van der Waals surface area contributed by atoms with Crippen molar-refractivity contribution in [3.05, 3.63) is 0 Å². The maximum atomic E-state index is 12.2. The minimum Gasteiger partial charge on any atom is -0.481 e. The van der Waals surface area contributed by atoms with Gasteiger partial charge in [-0.15, -0.1) is 0 Å². The van der Waals surface area contributed by atoms with Crippen LogP contribution in [0.1, 0.15) is 129 Å². The summed E-state index contributed by atoms with van der Waals surface area (Å²) in [5, 5.41) is 29.6.